The smallest absolute Gasteiger partial charge is 0.188 e. The van der Waals surface area contributed by atoms with Gasteiger partial charge in [0.2, 0.25) is 0 Å². The number of benzene rings is 1. The first-order chi connectivity index (χ1) is 8.74. The van der Waals surface area contributed by atoms with Gasteiger partial charge in [-0.3, -0.25) is 4.99 Å². The van der Waals surface area contributed by atoms with Crippen molar-refractivity contribution in [3.05, 3.63) is 35.4 Å². The van der Waals surface area contributed by atoms with Crippen molar-refractivity contribution >= 4 is 5.96 Å². The Balaban J connectivity index is 1.67. The first kappa shape index (κ1) is 12.9. The molecule has 2 rings (SSSR count). The monoisotopic (exact) mass is 245 g/mol. The molecule has 0 amide bonds. The molecule has 1 aliphatic rings. The van der Waals surface area contributed by atoms with E-state index in [4.69, 9.17) is 5.73 Å². The highest BCUT2D eigenvalue weighted by molar-refractivity contribution is 5.77. The van der Waals surface area contributed by atoms with Crippen LogP contribution in [0.2, 0.25) is 0 Å². The van der Waals surface area contributed by atoms with Crippen molar-refractivity contribution in [2.75, 3.05) is 13.1 Å². The van der Waals surface area contributed by atoms with E-state index in [0.717, 1.165) is 25.4 Å². The summed E-state index contributed by atoms with van der Waals surface area (Å²) in [6.07, 6.45) is 4.99. The van der Waals surface area contributed by atoms with Crippen LogP contribution in [-0.2, 0) is 6.42 Å². The molecular formula is C15H23N3. The number of nitrogens with one attached hydrogen (secondary N) is 1. The Bertz CT molecular complexity index is 408. The van der Waals surface area contributed by atoms with Gasteiger partial charge in [-0.15, -0.1) is 0 Å². The lowest BCUT2D eigenvalue weighted by atomic mass is 9.86. The van der Waals surface area contributed by atoms with E-state index in [1.807, 2.05) is 0 Å². The molecule has 1 saturated carbocycles. The predicted octanol–water partition coefficient (Wildman–Crippen LogP) is 2.24. The van der Waals surface area contributed by atoms with Gasteiger partial charge in [0, 0.05) is 13.1 Å². The van der Waals surface area contributed by atoms with E-state index in [-0.39, 0.29) is 0 Å². The molecule has 18 heavy (non-hydrogen) atoms. The van der Waals surface area contributed by atoms with Crippen LogP contribution >= 0.6 is 0 Å². The van der Waals surface area contributed by atoms with Gasteiger partial charge in [0.15, 0.2) is 5.96 Å². The van der Waals surface area contributed by atoms with Crippen LogP contribution in [0.1, 0.15) is 30.4 Å². The van der Waals surface area contributed by atoms with Crippen molar-refractivity contribution in [3.63, 3.8) is 0 Å². The number of guanidine groups is 1. The van der Waals surface area contributed by atoms with Crippen molar-refractivity contribution < 1.29 is 0 Å². The van der Waals surface area contributed by atoms with E-state index in [1.165, 1.54) is 30.4 Å². The predicted molar refractivity (Wildman–Crippen MR) is 76.7 cm³/mol. The van der Waals surface area contributed by atoms with Crippen LogP contribution in [0.25, 0.3) is 0 Å². The minimum absolute atomic E-state index is 0.592. The van der Waals surface area contributed by atoms with E-state index in [0.29, 0.717) is 5.96 Å². The lowest BCUT2D eigenvalue weighted by Crippen LogP contribution is -2.34. The number of nitrogens with two attached hydrogens (primary N) is 1. The van der Waals surface area contributed by atoms with Gasteiger partial charge in [0.25, 0.3) is 0 Å². The van der Waals surface area contributed by atoms with Crippen molar-refractivity contribution in [1.82, 2.24) is 5.32 Å². The van der Waals surface area contributed by atoms with Crippen molar-refractivity contribution in [2.45, 2.75) is 32.6 Å². The van der Waals surface area contributed by atoms with Gasteiger partial charge in [-0.1, -0.05) is 36.2 Å². The van der Waals surface area contributed by atoms with E-state index in [1.54, 1.807) is 0 Å². The van der Waals surface area contributed by atoms with Crippen LogP contribution in [0.4, 0.5) is 0 Å². The number of nitrogens with zero attached hydrogens (tertiary/aromatic N) is 1. The molecule has 0 radical (unpaired) electrons. The van der Waals surface area contributed by atoms with Crippen molar-refractivity contribution in [3.8, 4) is 0 Å². The Kier molecular flexibility index (Phi) is 4.62. The lowest BCUT2D eigenvalue weighted by Gasteiger charge is -2.23. The first-order valence-corrected chi connectivity index (χ1v) is 6.83. The van der Waals surface area contributed by atoms with Crippen LogP contribution in [0.5, 0.6) is 0 Å². The number of aryl methyl sites for hydroxylation is 1. The van der Waals surface area contributed by atoms with Crippen molar-refractivity contribution in [1.29, 1.82) is 0 Å². The first-order valence-electron chi connectivity index (χ1n) is 6.83. The molecule has 0 bridgehead atoms. The van der Waals surface area contributed by atoms with Crippen LogP contribution in [-0.4, -0.2) is 19.0 Å². The summed E-state index contributed by atoms with van der Waals surface area (Å²) in [7, 11) is 0. The second-order valence-corrected chi connectivity index (χ2v) is 5.19. The second-order valence-electron chi connectivity index (χ2n) is 5.19. The maximum Gasteiger partial charge on any atom is 0.188 e. The Morgan fingerprint density at radius 1 is 1.44 bits per heavy atom. The molecule has 0 heterocycles. The molecule has 3 nitrogen and oxygen atoms in total. The summed E-state index contributed by atoms with van der Waals surface area (Å²) in [4.78, 5) is 4.38. The third-order valence-corrected chi connectivity index (χ3v) is 3.55. The minimum atomic E-state index is 0.592. The highest BCUT2D eigenvalue weighted by atomic mass is 15.1. The summed E-state index contributed by atoms with van der Waals surface area (Å²) >= 11 is 0. The zero-order valence-electron chi connectivity index (χ0n) is 11.2. The molecule has 0 aliphatic heterocycles. The standard InChI is InChI=1S/C15H23N3/c1-12-4-2-5-13(10-12)8-9-17-15(16)18-11-14-6-3-7-14/h2,4-5,10,14H,3,6-9,11H2,1H3,(H3,16,17,18). The van der Waals surface area contributed by atoms with Gasteiger partial charge >= 0.3 is 0 Å². The van der Waals surface area contributed by atoms with Gasteiger partial charge in [0.05, 0.1) is 0 Å². The molecule has 1 aliphatic carbocycles. The molecule has 0 unspecified atom stereocenters. The Labute approximate surface area is 109 Å². The second kappa shape index (κ2) is 6.43. The highest BCUT2D eigenvalue weighted by Crippen LogP contribution is 2.26. The number of hydrogen-bond acceptors (Lipinski definition) is 1. The number of hydrogen-bond donors (Lipinski definition) is 2. The molecular weight excluding hydrogens is 222 g/mol. The third-order valence-electron chi connectivity index (χ3n) is 3.55. The number of aliphatic imine (C=N–C) groups is 1. The lowest BCUT2D eigenvalue weighted by molar-refractivity contribution is 0.326. The molecule has 3 heteroatoms. The van der Waals surface area contributed by atoms with E-state index in [2.05, 4.69) is 41.5 Å². The van der Waals surface area contributed by atoms with Gasteiger partial charge in [-0.25, -0.2) is 0 Å². The maximum atomic E-state index is 5.83. The zero-order valence-corrected chi connectivity index (χ0v) is 11.2. The summed E-state index contributed by atoms with van der Waals surface area (Å²) in [5.41, 5.74) is 8.48. The average molecular weight is 245 g/mol. The fourth-order valence-corrected chi connectivity index (χ4v) is 2.16. The zero-order chi connectivity index (χ0) is 12.8. The molecule has 0 spiro atoms. The SMILES string of the molecule is Cc1cccc(CCNC(N)=NCC2CCC2)c1. The topological polar surface area (TPSA) is 50.4 Å². The normalized spacial score (nSPS) is 16.4. The largest absolute Gasteiger partial charge is 0.370 e. The molecule has 1 aromatic rings. The van der Waals surface area contributed by atoms with Crippen molar-refractivity contribution in [2.24, 2.45) is 16.6 Å². The average Bonchev–Trinajstić information content (AvgIpc) is 2.27. The molecule has 0 aromatic heterocycles. The molecule has 0 atom stereocenters. The van der Waals surface area contributed by atoms with E-state index < -0.39 is 0 Å². The molecule has 3 N–H and O–H groups in total. The fourth-order valence-electron chi connectivity index (χ4n) is 2.16. The maximum absolute atomic E-state index is 5.83. The Hall–Kier alpha value is -1.51. The molecule has 1 fully saturated rings. The summed E-state index contributed by atoms with van der Waals surface area (Å²) in [5, 5.41) is 3.18. The highest BCUT2D eigenvalue weighted by Gasteiger charge is 2.16. The van der Waals surface area contributed by atoms with Crippen LogP contribution < -0.4 is 11.1 Å². The van der Waals surface area contributed by atoms with Gasteiger partial charge in [-0.05, 0) is 37.7 Å². The third kappa shape index (κ3) is 4.06. The van der Waals surface area contributed by atoms with Gasteiger partial charge in [-0.2, -0.15) is 0 Å². The van der Waals surface area contributed by atoms with E-state index >= 15 is 0 Å². The van der Waals surface area contributed by atoms with E-state index in [9.17, 15) is 0 Å². The Morgan fingerprint density at radius 2 is 2.28 bits per heavy atom. The fraction of sp³-hybridized carbons (Fsp3) is 0.533. The van der Waals surface area contributed by atoms with Gasteiger partial charge in [0.1, 0.15) is 0 Å². The van der Waals surface area contributed by atoms with Crippen LogP contribution in [0.15, 0.2) is 29.3 Å². The molecule has 1 aromatic carbocycles. The molecule has 98 valence electrons. The summed E-state index contributed by atoms with van der Waals surface area (Å²) in [6.45, 7) is 3.86. The molecule has 0 saturated heterocycles. The van der Waals surface area contributed by atoms with Crippen LogP contribution in [0.3, 0.4) is 0 Å². The summed E-state index contributed by atoms with van der Waals surface area (Å²) in [6, 6.07) is 8.57. The summed E-state index contributed by atoms with van der Waals surface area (Å²) < 4.78 is 0. The Morgan fingerprint density at radius 3 is 2.94 bits per heavy atom. The quantitative estimate of drug-likeness (QED) is 0.617. The van der Waals surface area contributed by atoms with Gasteiger partial charge < -0.3 is 11.1 Å². The van der Waals surface area contributed by atoms with Crippen LogP contribution in [0, 0.1) is 12.8 Å². The number of rotatable bonds is 5. The summed E-state index contributed by atoms with van der Waals surface area (Å²) in [5.74, 6) is 1.37. The minimum Gasteiger partial charge on any atom is -0.370 e.